The van der Waals surface area contributed by atoms with Crippen LogP contribution in [0.4, 0.5) is 4.39 Å². The predicted octanol–water partition coefficient (Wildman–Crippen LogP) is 5.23. The molecule has 0 radical (unpaired) electrons. The van der Waals surface area contributed by atoms with Crippen LogP contribution in [0.5, 0.6) is 5.75 Å². The molecule has 0 bridgehead atoms. The number of hydrogen-bond donors (Lipinski definition) is 1. The van der Waals surface area contributed by atoms with E-state index >= 15 is 0 Å². The van der Waals surface area contributed by atoms with Crippen molar-refractivity contribution < 1.29 is 18.7 Å². The molecule has 5 nitrogen and oxygen atoms in total. The topological polar surface area (TPSA) is 58.6 Å². The van der Waals surface area contributed by atoms with Crippen LogP contribution >= 0.6 is 23.2 Å². The Kier molecular flexibility index (Phi) is 8.71. The molecule has 1 N–H and O–H groups in total. The van der Waals surface area contributed by atoms with Gasteiger partial charge in [-0.15, -0.1) is 0 Å². The number of nitrogens with zero attached hydrogens (tertiary/aromatic N) is 1. The maximum absolute atomic E-state index is 13.9. The van der Waals surface area contributed by atoms with Crippen LogP contribution in [-0.2, 0) is 16.1 Å². The largest absolute Gasteiger partial charge is 0.481 e. The minimum absolute atomic E-state index is 0.0301. The Morgan fingerprint density at radius 2 is 1.81 bits per heavy atom. The number of carbonyl (C=O) groups is 2. The minimum Gasteiger partial charge on any atom is -0.481 e. The van der Waals surface area contributed by atoms with E-state index in [1.165, 1.54) is 23.1 Å². The van der Waals surface area contributed by atoms with Crippen molar-refractivity contribution in [3.8, 4) is 5.75 Å². The fourth-order valence-electron chi connectivity index (χ4n) is 2.99. The molecule has 2 amide bonds. The summed E-state index contributed by atoms with van der Waals surface area (Å²) in [5.41, 5.74) is 0.239. The predicted molar refractivity (Wildman–Crippen MR) is 121 cm³/mol. The molecule has 0 unspecified atom stereocenters. The van der Waals surface area contributed by atoms with Gasteiger partial charge in [-0.05, 0) is 57.0 Å². The summed E-state index contributed by atoms with van der Waals surface area (Å²) in [6, 6.07) is 10.1. The van der Waals surface area contributed by atoms with E-state index < -0.39 is 29.9 Å². The van der Waals surface area contributed by atoms with E-state index in [2.05, 4.69) is 5.32 Å². The van der Waals surface area contributed by atoms with Gasteiger partial charge in [0.15, 0.2) is 18.2 Å². The van der Waals surface area contributed by atoms with E-state index in [1.54, 1.807) is 24.3 Å². The SMILES string of the molecule is CC[C@H](C(=O)NC(C)(C)C)N(Cc1ccc(Cl)c(Cl)c1)C(=O)COc1ccccc1F. The molecule has 0 fully saturated rings. The average molecular weight is 469 g/mol. The van der Waals surface area contributed by atoms with E-state index in [4.69, 9.17) is 27.9 Å². The van der Waals surface area contributed by atoms with Crippen molar-refractivity contribution in [2.75, 3.05) is 6.61 Å². The lowest BCUT2D eigenvalue weighted by molar-refractivity contribution is -0.143. The summed E-state index contributed by atoms with van der Waals surface area (Å²) in [7, 11) is 0. The van der Waals surface area contributed by atoms with Crippen molar-refractivity contribution in [3.63, 3.8) is 0 Å². The summed E-state index contributed by atoms with van der Waals surface area (Å²) in [6.07, 6.45) is 0.384. The number of amides is 2. The van der Waals surface area contributed by atoms with Gasteiger partial charge in [-0.25, -0.2) is 4.39 Å². The first-order valence-corrected chi connectivity index (χ1v) is 10.7. The Balaban J connectivity index is 2.28. The average Bonchev–Trinajstić information content (AvgIpc) is 2.68. The molecule has 2 aromatic carbocycles. The quantitative estimate of drug-likeness (QED) is 0.576. The summed E-state index contributed by atoms with van der Waals surface area (Å²) in [6.45, 7) is 7.12. The van der Waals surface area contributed by atoms with Crippen molar-refractivity contribution in [3.05, 3.63) is 63.9 Å². The van der Waals surface area contributed by atoms with Crippen LogP contribution in [0.3, 0.4) is 0 Å². The summed E-state index contributed by atoms with van der Waals surface area (Å²) in [5, 5.41) is 3.65. The lowest BCUT2D eigenvalue weighted by atomic mass is 10.1. The van der Waals surface area contributed by atoms with E-state index in [0.717, 1.165) is 0 Å². The van der Waals surface area contributed by atoms with Gasteiger partial charge < -0.3 is 15.0 Å². The number of halogens is 3. The first kappa shape index (κ1) is 25.0. The van der Waals surface area contributed by atoms with Crippen LogP contribution in [0.2, 0.25) is 10.0 Å². The van der Waals surface area contributed by atoms with E-state index in [-0.39, 0.29) is 18.2 Å². The Hall–Kier alpha value is -2.31. The lowest BCUT2D eigenvalue weighted by Gasteiger charge is -2.33. The number of benzene rings is 2. The third-order valence-electron chi connectivity index (χ3n) is 4.41. The zero-order chi connectivity index (χ0) is 23.2. The summed E-state index contributed by atoms with van der Waals surface area (Å²) in [4.78, 5) is 27.4. The van der Waals surface area contributed by atoms with Gasteiger partial charge in [-0.1, -0.05) is 48.3 Å². The van der Waals surface area contributed by atoms with Crippen LogP contribution in [0, 0.1) is 5.82 Å². The molecule has 31 heavy (non-hydrogen) atoms. The van der Waals surface area contributed by atoms with Crippen LogP contribution in [0.15, 0.2) is 42.5 Å². The number of rotatable bonds is 8. The molecule has 2 rings (SSSR count). The fraction of sp³-hybridized carbons (Fsp3) is 0.391. The lowest BCUT2D eigenvalue weighted by Crippen LogP contribution is -2.54. The fourth-order valence-corrected chi connectivity index (χ4v) is 3.31. The first-order chi connectivity index (χ1) is 14.5. The number of hydrogen-bond acceptors (Lipinski definition) is 3. The second-order valence-corrected chi connectivity index (χ2v) is 8.97. The van der Waals surface area contributed by atoms with Crippen molar-refractivity contribution in [2.45, 2.75) is 52.2 Å². The van der Waals surface area contributed by atoms with Crippen molar-refractivity contribution in [2.24, 2.45) is 0 Å². The van der Waals surface area contributed by atoms with E-state index in [9.17, 15) is 14.0 Å². The van der Waals surface area contributed by atoms with Gasteiger partial charge >= 0.3 is 0 Å². The van der Waals surface area contributed by atoms with Crippen molar-refractivity contribution in [1.82, 2.24) is 10.2 Å². The maximum Gasteiger partial charge on any atom is 0.261 e. The van der Waals surface area contributed by atoms with E-state index in [0.29, 0.717) is 22.0 Å². The molecular weight excluding hydrogens is 442 g/mol. The second kappa shape index (κ2) is 10.8. The van der Waals surface area contributed by atoms with Gasteiger partial charge in [-0.2, -0.15) is 0 Å². The molecule has 168 valence electrons. The Bertz CT molecular complexity index is 931. The highest BCUT2D eigenvalue weighted by atomic mass is 35.5. The minimum atomic E-state index is -0.745. The van der Waals surface area contributed by atoms with Crippen LogP contribution in [-0.4, -0.2) is 34.9 Å². The standard InChI is InChI=1S/C23H27Cl2FN2O3/c1-5-19(22(30)27-23(2,3)4)28(13-15-10-11-16(24)17(25)12-15)21(29)14-31-20-9-7-6-8-18(20)26/h6-12,19H,5,13-14H2,1-4H3,(H,27,30)/t19-/m1/s1. The summed E-state index contributed by atoms with van der Waals surface area (Å²) < 4.78 is 19.3. The zero-order valence-corrected chi connectivity index (χ0v) is 19.6. The van der Waals surface area contributed by atoms with E-state index in [1.807, 2.05) is 27.7 Å². The molecule has 8 heteroatoms. The van der Waals surface area contributed by atoms with Crippen LogP contribution < -0.4 is 10.1 Å². The molecule has 0 aliphatic heterocycles. The molecule has 1 atom stereocenters. The molecule has 2 aromatic rings. The van der Waals surface area contributed by atoms with Crippen molar-refractivity contribution >= 4 is 35.0 Å². The van der Waals surface area contributed by atoms with Crippen LogP contribution in [0.25, 0.3) is 0 Å². The van der Waals surface area contributed by atoms with Gasteiger partial charge in [0, 0.05) is 12.1 Å². The van der Waals surface area contributed by atoms with Gasteiger partial charge in [0.25, 0.3) is 5.91 Å². The third-order valence-corrected chi connectivity index (χ3v) is 5.15. The molecule has 0 aliphatic rings. The highest BCUT2D eigenvalue weighted by Crippen LogP contribution is 2.24. The van der Waals surface area contributed by atoms with Gasteiger partial charge in [-0.3, -0.25) is 9.59 Å². The molecule has 0 aliphatic carbocycles. The van der Waals surface area contributed by atoms with Gasteiger partial charge in [0.05, 0.1) is 10.0 Å². The first-order valence-electron chi connectivity index (χ1n) is 9.94. The molecular formula is C23H27Cl2FN2O3. The Labute approximate surface area is 192 Å². The summed E-state index contributed by atoms with van der Waals surface area (Å²) in [5.74, 6) is -1.33. The Morgan fingerprint density at radius 1 is 1.13 bits per heavy atom. The van der Waals surface area contributed by atoms with Crippen molar-refractivity contribution in [1.29, 1.82) is 0 Å². The molecule has 0 heterocycles. The number of para-hydroxylation sites is 1. The smallest absolute Gasteiger partial charge is 0.261 e. The highest BCUT2D eigenvalue weighted by molar-refractivity contribution is 6.42. The van der Waals surface area contributed by atoms with Crippen LogP contribution in [0.1, 0.15) is 39.7 Å². The number of ether oxygens (including phenoxy) is 1. The molecule has 0 saturated heterocycles. The normalized spacial score (nSPS) is 12.2. The molecule has 0 aromatic heterocycles. The number of nitrogens with one attached hydrogen (secondary N) is 1. The molecule has 0 saturated carbocycles. The zero-order valence-electron chi connectivity index (χ0n) is 18.0. The Morgan fingerprint density at radius 3 is 2.39 bits per heavy atom. The maximum atomic E-state index is 13.9. The molecule has 0 spiro atoms. The highest BCUT2D eigenvalue weighted by Gasteiger charge is 2.31. The monoisotopic (exact) mass is 468 g/mol. The second-order valence-electron chi connectivity index (χ2n) is 8.15. The van der Waals surface area contributed by atoms with Gasteiger partial charge in [0.2, 0.25) is 5.91 Å². The summed E-state index contributed by atoms with van der Waals surface area (Å²) >= 11 is 12.1. The third kappa shape index (κ3) is 7.40. The number of carbonyl (C=O) groups excluding carboxylic acids is 2. The van der Waals surface area contributed by atoms with Gasteiger partial charge in [0.1, 0.15) is 6.04 Å².